The summed E-state index contributed by atoms with van der Waals surface area (Å²) in [6.45, 7) is 3.16. The molecule has 108 valence electrons. The predicted molar refractivity (Wildman–Crippen MR) is 66.3 cm³/mol. The first-order valence-corrected chi connectivity index (χ1v) is 7.16. The van der Waals surface area contributed by atoms with E-state index in [2.05, 4.69) is 14.9 Å². The topological polar surface area (TPSA) is 132 Å². The molecule has 0 aliphatic rings. The lowest BCUT2D eigenvalue weighted by Gasteiger charge is -2.22. The molecule has 1 atom stereocenters. The van der Waals surface area contributed by atoms with Gasteiger partial charge in [0.25, 0.3) is 10.0 Å². The van der Waals surface area contributed by atoms with E-state index in [1.165, 1.54) is 6.92 Å². The second-order valence-electron chi connectivity index (χ2n) is 4.49. The third-order valence-corrected chi connectivity index (χ3v) is 3.91. The fourth-order valence-electron chi connectivity index (χ4n) is 1.58. The Kier molecular flexibility index (Phi) is 4.66. The number of aromatic amines is 1. The Bertz CT molecular complexity index is 549. The molecule has 1 heterocycles. The summed E-state index contributed by atoms with van der Waals surface area (Å²) in [5.41, 5.74) is -1.63. The summed E-state index contributed by atoms with van der Waals surface area (Å²) < 4.78 is 26.0. The summed E-state index contributed by atoms with van der Waals surface area (Å²) in [6.07, 6.45) is 2.03. The van der Waals surface area contributed by atoms with Crippen LogP contribution in [0.2, 0.25) is 0 Å². The molecule has 4 N–H and O–H groups in total. The Morgan fingerprint density at radius 2 is 2.21 bits per heavy atom. The third kappa shape index (κ3) is 4.01. The monoisotopic (exact) mass is 291 g/mol. The first-order chi connectivity index (χ1) is 8.69. The van der Waals surface area contributed by atoms with E-state index in [-0.39, 0.29) is 6.54 Å². The Labute approximate surface area is 110 Å². The SMILES string of the molecule is CCCC(C)(O)CNS(=O)(=O)c1[nH]ncc1C(=O)O. The molecule has 0 spiro atoms. The van der Waals surface area contributed by atoms with Crippen LogP contribution >= 0.6 is 0 Å². The summed E-state index contributed by atoms with van der Waals surface area (Å²) >= 11 is 0. The van der Waals surface area contributed by atoms with Crippen molar-refractivity contribution in [2.45, 2.75) is 37.3 Å². The van der Waals surface area contributed by atoms with Crippen molar-refractivity contribution in [3.8, 4) is 0 Å². The smallest absolute Gasteiger partial charge is 0.340 e. The number of sulfonamides is 1. The van der Waals surface area contributed by atoms with E-state index >= 15 is 0 Å². The van der Waals surface area contributed by atoms with Crippen molar-refractivity contribution in [1.82, 2.24) is 14.9 Å². The molecule has 0 radical (unpaired) electrons. The lowest BCUT2D eigenvalue weighted by atomic mass is 10.0. The van der Waals surface area contributed by atoms with Crippen molar-refractivity contribution in [2.24, 2.45) is 0 Å². The average Bonchev–Trinajstić information content (AvgIpc) is 2.76. The van der Waals surface area contributed by atoms with Gasteiger partial charge in [0, 0.05) is 6.54 Å². The number of rotatable bonds is 7. The molecule has 0 aromatic carbocycles. The zero-order chi connectivity index (χ0) is 14.7. The minimum absolute atomic E-state index is 0.207. The maximum atomic E-state index is 11.9. The van der Waals surface area contributed by atoms with Crippen LogP contribution in [0.1, 0.15) is 37.0 Å². The van der Waals surface area contributed by atoms with Gasteiger partial charge in [0.15, 0.2) is 5.03 Å². The fourth-order valence-corrected chi connectivity index (χ4v) is 2.83. The van der Waals surface area contributed by atoms with Crippen LogP contribution in [-0.2, 0) is 10.0 Å². The van der Waals surface area contributed by atoms with Gasteiger partial charge in [-0.3, -0.25) is 5.10 Å². The van der Waals surface area contributed by atoms with Gasteiger partial charge < -0.3 is 10.2 Å². The maximum Gasteiger partial charge on any atom is 0.340 e. The highest BCUT2D eigenvalue weighted by molar-refractivity contribution is 7.89. The van der Waals surface area contributed by atoms with Crippen LogP contribution in [0.15, 0.2) is 11.2 Å². The standard InChI is InChI=1S/C10H17N3O5S/c1-3-4-10(2,16)6-12-19(17,18)8-7(9(14)15)5-11-13-8/h5,12,16H,3-4,6H2,1-2H3,(H,11,13)(H,14,15). The number of hydrogen-bond acceptors (Lipinski definition) is 5. The van der Waals surface area contributed by atoms with Crippen LogP contribution in [0.4, 0.5) is 0 Å². The molecule has 1 aromatic heterocycles. The van der Waals surface area contributed by atoms with Crippen molar-refractivity contribution in [1.29, 1.82) is 0 Å². The quantitative estimate of drug-likeness (QED) is 0.556. The Hall–Kier alpha value is -1.45. The number of nitrogens with one attached hydrogen (secondary N) is 2. The number of carbonyl (C=O) groups is 1. The van der Waals surface area contributed by atoms with Gasteiger partial charge in [0.1, 0.15) is 5.56 Å². The first-order valence-electron chi connectivity index (χ1n) is 5.68. The number of aromatic carboxylic acids is 1. The van der Waals surface area contributed by atoms with Gasteiger partial charge in [-0.15, -0.1) is 0 Å². The van der Waals surface area contributed by atoms with E-state index in [1.54, 1.807) is 0 Å². The third-order valence-electron chi connectivity index (χ3n) is 2.54. The molecule has 0 saturated heterocycles. The van der Waals surface area contributed by atoms with E-state index in [0.29, 0.717) is 12.8 Å². The molecule has 1 aromatic rings. The van der Waals surface area contributed by atoms with Gasteiger partial charge in [-0.25, -0.2) is 17.9 Å². The molecular formula is C10H17N3O5S. The number of aliphatic hydroxyl groups is 1. The highest BCUT2D eigenvalue weighted by atomic mass is 32.2. The maximum absolute atomic E-state index is 11.9. The predicted octanol–water partition coefficient (Wildman–Crippen LogP) is -0.0627. The molecule has 0 amide bonds. The van der Waals surface area contributed by atoms with Crippen molar-refractivity contribution >= 4 is 16.0 Å². The zero-order valence-electron chi connectivity index (χ0n) is 10.7. The molecule has 1 unspecified atom stereocenters. The van der Waals surface area contributed by atoms with Crippen LogP contribution in [-0.4, -0.2) is 46.9 Å². The van der Waals surface area contributed by atoms with Gasteiger partial charge in [-0.1, -0.05) is 13.3 Å². The zero-order valence-corrected chi connectivity index (χ0v) is 11.5. The number of carboxylic acids is 1. The minimum Gasteiger partial charge on any atom is -0.478 e. The van der Waals surface area contributed by atoms with E-state index in [4.69, 9.17) is 5.11 Å². The molecule has 0 aliphatic carbocycles. The molecule has 0 aliphatic heterocycles. The minimum atomic E-state index is -4.05. The highest BCUT2D eigenvalue weighted by Gasteiger charge is 2.28. The molecule has 8 nitrogen and oxygen atoms in total. The second-order valence-corrected chi connectivity index (χ2v) is 6.19. The van der Waals surface area contributed by atoms with Crippen molar-refractivity contribution in [3.63, 3.8) is 0 Å². The molecule has 19 heavy (non-hydrogen) atoms. The number of carboxylic acid groups (broad SMARTS) is 1. The van der Waals surface area contributed by atoms with Gasteiger partial charge >= 0.3 is 5.97 Å². The largest absolute Gasteiger partial charge is 0.478 e. The normalized spacial score (nSPS) is 15.1. The van der Waals surface area contributed by atoms with Crippen LogP contribution in [0.5, 0.6) is 0 Å². The van der Waals surface area contributed by atoms with Crippen LogP contribution in [0, 0.1) is 0 Å². The summed E-state index contributed by atoms with van der Waals surface area (Å²) in [4.78, 5) is 10.8. The Morgan fingerprint density at radius 1 is 1.58 bits per heavy atom. The van der Waals surface area contributed by atoms with Crippen LogP contribution in [0.25, 0.3) is 0 Å². The summed E-state index contributed by atoms with van der Waals surface area (Å²) in [5.74, 6) is -1.39. The van der Waals surface area contributed by atoms with Crippen LogP contribution < -0.4 is 4.72 Å². The van der Waals surface area contributed by atoms with Crippen molar-refractivity contribution < 1.29 is 23.4 Å². The van der Waals surface area contributed by atoms with E-state index in [9.17, 15) is 18.3 Å². The first kappa shape index (κ1) is 15.6. The van der Waals surface area contributed by atoms with Gasteiger partial charge in [0.2, 0.25) is 0 Å². The molecule has 0 fully saturated rings. The summed E-state index contributed by atoms with van der Waals surface area (Å²) in [6, 6.07) is 0. The second kappa shape index (κ2) is 5.68. The lowest BCUT2D eigenvalue weighted by Crippen LogP contribution is -2.40. The Morgan fingerprint density at radius 3 is 2.74 bits per heavy atom. The molecule has 1 rings (SSSR count). The number of nitrogens with zero attached hydrogens (tertiary/aromatic N) is 1. The van der Waals surface area contributed by atoms with Crippen molar-refractivity contribution in [3.05, 3.63) is 11.8 Å². The summed E-state index contributed by atoms with van der Waals surface area (Å²) in [5, 5.41) is 23.7. The van der Waals surface area contributed by atoms with E-state index in [0.717, 1.165) is 6.20 Å². The van der Waals surface area contributed by atoms with Crippen LogP contribution in [0.3, 0.4) is 0 Å². The molecule has 0 saturated carbocycles. The highest BCUT2D eigenvalue weighted by Crippen LogP contribution is 2.14. The van der Waals surface area contributed by atoms with Gasteiger partial charge in [-0.05, 0) is 13.3 Å². The fraction of sp³-hybridized carbons (Fsp3) is 0.600. The number of hydrogen-bond donors (Lipinski definition) is 4. The average molecular weight is 291 g/mol. The number of H-pyrrole nitrogens is 1. The van der Waals surface area contributed by atoms with E-state index in [1.807, 2.05) is 6.92 Å². The van der Waals surface area contributed by atoms with Gasteiger partial charge in [0.05, 0.1) is 11.8 Å². The lowest BCUT2D eigenvalue weighted by molar-refractivity contribution is 0.0554. The molecule has 9 heteroatoms. The molecule has 0 bridgehead atoms. The van der Waals surface area contributed by atoms with Crippen molar-refractivity contribution in [2.75, 3.05) is 6.54 Å². The number of aromatic nitrogens is 2. The van der Waals surface area contributed by atoms with Gasteiger partial charge in [-0.2, -0.15) is 5.10 Å². The summed E-state index contributed by atoms with van der Waals surface area (Å²) in [7, 11) is -4.05. The molecular weight excluding hydrogens is 274 g/mol. The van der Waals surface area contributed by atoms with E-state index < -0.39 is 32.2 Å². The Balaban J connectivity index is 2.88.